The van der Waals surface area contributed by atoms with Crippen LogP contribution < -0.4 is 20.5 Å². The Hall–Kier alpha value is -2.96. The van der Waals surface area contributed by atoms with E-state index >= 15 is 0 Å². The molecule has 4 aromatic carbocycles. The molecule has 0 saturated heterocycles. The van der Waals surface area contributed by atoms with Gasteiger partial charge in [0.2, 0.25) is 0 Å². The highest BCUT2D eigenvalue weighted by molar-refractivity contribution is 9.11. The van der Waals surface area contributed by atoms with Gasteiger partial charge < -0.3 is 9.80 Å². The molecule has 0 aromatic heterocycles. The molecule has 6 heteroatoms. The molecule has 0 N–H and O–H groups in total. The molecular weight excluding hydrogens is 540 g/mol. The van der Waals surface area contributed by atoms with Crippen LogP contribution in [0, 0.1) is 0 Å². The van der Waals surface area contributed by atoms with Crippen LogP contribution in [-0.2, 0) is 0 Å². The molecule has 162 valence electrons. The number of hydrogen-bond donors (Lipinski definition) is 0. The molecule has 4 nitrogen and oxygen atoms in total. The molecule has 0 aliphatic carbocycles. The number of halogens is 2. The normalized spacial score (nSPS) is 15.3. The minimum absolute atomic E-state index is 0.455. The molecule has 2 aliphatic heterocycles. The summed E-state index contributed by atoms with van der Waals surface area (Å²) in [6.45, 7) is 4.28. The van der Waals surface area contributed by atoms with Gasteiger partial charge in [-0.1, -0.05) is 48.5 Å². The van der Waals surface area contributed by atoms with Crippen molar-refractivity contribution in [3.63, 3.8) is 0 Å². The lowest BCUT2D eigenvalue weighted by molar-refractivity contribution is 0.543. The van der Waals surface area contributed by atoms with E-state index in [-0.39, 0.29) is 0 Å². The molecule has 0 fully saturated rings. The maximum absolute atomic E-state index is 5.18. The van der Waals surface area contributed by atoms with Gasteiger partial charge in [-0.3, -0.25) is 4.99 Å². The van der Waals surface area contributed by atoms with E-state index in [4.69, 9.17) is 9.98 Å². The Bertz CT molecular complexity index is 1520. The minimum Gasteiger partial charge on any atom is -0.314 e. The number of nitrogens with zero attached hydrogens (tertiary/aromatic N) is 4. The first kappa shape index (κ1) is 20.6. The molecule has 0 amide bonds. The van der Waals surface area contributed by atoms with Crippen molar-refractivity contribution >= 4 is 66.0 Å². The zero-order chi connectivity index (χ0) is 22.7. The van der Waals surface area contributed by atoms with Gasteiger partial charge in [0.15, 0.2) is 0 Å². The lowest BCUT2D eigenvalue weighted by Crippen LogP contribution is -2.36. The predicted molar refractivity (Wildman–Crippen MR) is 141 cm³/mol. The first-order valence-electron chi connectivity index (χ1n) is 10.8. The average Bonchev–Trinajstić information content (AvgIpc) is 3.13. The summed E-state index contributed by atoms with van der Waals surface area (Å²) < 4.78 is 1.87. The summed E-state index contributed by atoms with van der Waals surface area (Å²) in [5.74, 6) is 0. The monoisotopic (exact) mass is 558 g/mol. The highest BCUT2D eigenvalue weighted by Gasteiger charge is 2.39. The highest BCUT2D eigenvalue weighted by Crippen LogP contribution is 2.47. The Morgan fingerprint density at radius 1 is 0.667 bits per heavy atom. The number of para-hydroxylation sites is 4. The predicted octanol–water partition coefficient (Wildman–Crippen LogP) is 7.45. The summed E-state index contributed by atoms with van der Waals surface area (Å²) in [6.07, 6.45) is 0. The fourth-order valence-corrected chi connectivity index (χ4v) is 5.99. The summed E-state index contributed by atoms with van der Waals surface area (Å²) in [5.41, 5.74) is 5.69. The molecule has 2 aliphatic rings. The largest absolute Gasteiger partial charge is 0.314 e. The second-order valence-electron chi connectivity index (χ2n) is 8.57. The first-order chi connectivity index (χ1) is 16.0. The van der Waals surface area contributed by atoms with Crippen LogP contribution in [0.3, 0.4) is 0 Å². The van der Waals surface area contributed by atoms with Gasteiger partial charge in [0.25, 0.3) is 0 Å². The van der Waals surface area contributed by atoms with Gasteiger partial charge in [-0.05, 0) is 82.1 Å². The van der Waals surface area contributed by atoms with E-state index < -0.39 is 5.66 Å². The van der Waals surface area contributed by atoms with Gasteiger partial charge >= 0.3 is 0 Å². The molecule has 0 spiro atoms. The summed E-state index contributed by atoms with van der Waals surface area (Å²) in [5, 5.41) is 1.81. The van der Waals surface area contributed by atoms with Gasteiger partial charge in [-0.15, -0.1) is 0 Å². The maximum atomic E-state index is 5.18. The van der Waals surface area contributed by atoms with Crippen LogP contribution in [0.2, 0.25) is 0 Å². The van der Waals surface area contributed by atoms with Gasteiger partial charge in [0, 0.05) is 11.4 Å². The second kappa shape index (κ2) is 7.54. The molecule has 2 heterocycles. The topological polar surface area (TPSA) is 31.2 Å². The van der Waals surface area contributed by atoms with E-state index in [2.05, 4.69) is 122 Å². The highest BCUT2D eigenvalue weighted by atomic mass is 79.9. The molecule has 6 rings (SSSR count). The van der Waals surface area contributed by atoms with Crippen molar-refractivity contribution in [1.29, 1.82) is 0 Å². The maximum Gasteiger partial charge on any atom is 0.131 e. The number of benzene rings is 4. The van der Waals surface area contributed by atoms with E-state index in [0.29, 0.717) is 0 Å². The first-order valence-corrected chi connectivity index (χ1v) is 12.3. The fraction of sp³-hybridized carbons (Fsp3) is 0.111. The quantitative estimate of drug-likeness (QED) is 0.225. The van der Waals surface area contributed by atoms with Gasteiger partial charge in [0.05, 0.1) is 31.7 Å². The summed E-state index contributed by atoms with van der Waals surface area (Å²) in [4.78, 5) is 14.8. The van der Waals surface area contributed by atoms with Gasteiger partial charge in [-0.25, -0.2) is 4.99 Å². The van der Waals surface area contributed by atoms with Crippen LogP contribution in [0.15, 0.2) is 104 Å². The van der Waals surface area contributed by atoms with E-state index in [1.165, 1.54) is 0 Å². The van der Waals surface area contributed by atoms with Crippen molar-refractivity contribution in [1.82, 2.24) is 0 Å². The molecule has 0 bridgehead atoms. The van der Waals surface area contributed by atoms with Gasteiger partial charge in [-0.2, -0.15) is 0 Å². The smallest absolute Gasteiger partial charge is 0.131 e. The molecule has 0 radical (unpaired) electrons. The Morgan fingerprint density at radius 2 is 1.24 bits per heavy atom. The zero-order valence-electron chi connectivity index (χ0n) is 18.1. The van der Waals surface area contributed by atoms with Crippen molar-refractivity contribution in [3.8, 4) is 0 Å². The van der Waals surface area contributed by atoms with Gasteiger partial charge in [0.1, 0.15) is 16.4 Å². The average molecular weight is 560 g/mol. The van der Waals surface area contributed by atoms with Crippen molar-refractivity contribution < 1.29 is 0 Å². The van der Waals surface area contributed by atoms with Crippen LogP contribution in [-0.4, -0.2) is 5.66 Å². The standard InChI is InChI=1S/C27H20Br2N4/c1-27(2)31-24-22(29)25-23(21(28)26(24)33(27)18-13-7-4-8-14-18)30-19-15-9-10-16-20(19)32(25)17-11-5-3-6-12-17/h3-16H,1-2H3. The molecular formula is C27H20Br2N4. The van der Waals surface area contributed by atoms with Crippen LogP contribution in [0.1, 0.15) is 13.8 Å². The van der Waals surface area contributed by atoms with E-state index in [1.54, 1.807) is 0 Å². The lowest BCUT2D eigenvalue weighted by atomic mass is 10.1. The van der Waals surface area contributed by atoms with Crippen molar-refractivity contribution in [2.75, 3.05) is 9.80 Å². The van der Waals surface area contributed by atoms with Crippen LogP contribution in [0.4, 0.5) is 34.1 Å². The summed E-state index contributed by atoms with van der Waals surface area (Å²) >= 11 is 7.90. The summed E-state index contributed by atoms with van der Waals surface area (Å²) in [7, 11) is 0. The van der Waals surface area contributed by atoms with E-state index in [0.717, 1.165) is 53.8 Å². The lowest BCUT2D eigenvalue weighted by Gasteiger charge is -2.34. The van der Waals surface area contributed by atoms with Crippen molar-refractivity contribution in [2.24, 2.45) is 9.98 Å². The molecule has 0 unspecified atom stereocenters. The molecule has 0 atom stereocenters. The van der Waals surface area contributed by atoms with Crippen LogP contribution in [0.25, 0.3) is 0 Å². The SMILES string of the molecule is CC1(C)N=c2c(Br)c3c(c(Br)c2N1c1ccccc1)=Nc1ccccc1N3c1ccccc1. The number of rotatable bonds is 2. The molecule has 0 saturated carbocycles. The van der Waals surface area contributed by atoms with E-state index in [1.807, 2.05) is 18.2 Å². The number of hydrogen-bond acceptors (Lipinski definition) is 4. The third-order valence-electron chi connectivity index (χ3n) is 6.04. The number of anilines is 5. The fourth-order valence-electron chi connectivity index (χ4n) is 4.71. The van der Waals surface area contributed by atoms with Crippen LogP contribution in [0.5, 0.6) is 0 Å². The van der Waals surface area contributed by atoms with Crippen molar-refractivity contribution in [3.05, 3.63) is 105 Å². The van der Waals surface area contributed by atoms with E-state index in [9.17, 15) is 0 Å². The third-order valence-corrected chi connectivity index (χ3v) is 7.55. The second-order valence-corrected chi connectivity index (χ2v) is 10.2. The summed E-state index contributed by atoms with van der Waals surface area (Å²) in [6, 6.07) is 29.0. The van der Waals surface area contributed by atoms with Crippen molar-refractivity contribution in [2.45, 2.75) is 19.5 Å². The Labute approximate surface area is 209 Å². The molecule has 4 aromatic rings. The zero-order valence-corrected chi connectivity index (χ0v) is 21.3. The Kier molecular flexibility index (Phi) is 4.71. The molecule has 33 heavy (non-hydrogen) atoms. The minimum atomic E-state index is -0.455. The Balaban J connectivity index is 1.72. The van der Waals surface area contributed by atoms with Crippen LogP contribution >= 0.6 is 31.9 Å². The Morgan fingerprint density at radius 3 is 1.94 bits per heavy atom. The third kappa shape index (κ3) is 3.08. The number of fused-ring (bicyclic) bond motifs is 3.